The summed E-state index contributed by atoms with van der Waals surface area (Å²) in [6.45, 7) is 2.58. The molecule has 10 heteroatoms. The standard InChI is InChI=1S/C21H26N4O5S/c1-2-14-31(29,30)23-18-10-12-24(13-11-18)21(26)16-8-9-19(20(15-16)25(27)28)22-17-6-4-3-5-7-17/h3-9,15,18,22-23H,2,10-14H2,1H3. The normalized spacial score (nSPS) is 14.9. The second-order valence-electron chi connectivity index (χ2n) is 7.48. The van der Waals surface area contributed by atoms with Crippen molar-refractivity contribution in [2.75, 3.05) is 24.2 Å². The van der Waals surface area contributed by atoms with Crippen LogP contribution in [0.4, 0.5) is 17.1 Å². The predicted molar refractivity (Wildman–Crippen MR) is 119 cm³/mol. The number of nitrogens with zero attached hydrogens (tertiary/aromatic N) is 2. The Morgan fingerprint density at radius 3 is 2.45 bits per heavy atom. The average molecular weight is 447 g/mol. The zero-order chi connectivity index (χ0) is 22.4. The van der Waals surface area contributed by atoms with E-state index < -0.39 is 14.9 Å². The van der Waals surface area contributed by atoms with Gasteiger partial charge in [0.1, 0.15) is 5.69 Å². The lowest BCUT2D eigenvalue weighted by Crippen LogP contribution is -2.47. The molecule has 1 amide bonds. The van der Waals surface area contributed by atoms with Crippen LogP contribution in [-0.4, -0.2) is 49.0 Å². The number of piperidine rings is 1. The van der Waals surface area contributed by atoms with Gasteiger partial charge in [-0.1, -0.05) is 25.1 Å². The van der Waals surface area contributed by atoms with E-state index >= 15 is 0 Å². The molecule has 1 aliphatic rings. The maximum Gasteiger partial charge on any atom is 0.293 e. The Morgan fingerprint density at radius 2 is 1.84 bits per heavy atom. The molecule has 1 heterocycles. The van der Waals surface area contributed by atoms with Gasteiger partial charge < -0.3 is 10.2 Å². The summed E-state index contributed by atoms with van der Waals surface area (Å²) in [5.74, 6) is -0.219. The molecule has 166 valence electrons. The van der Waals surface area contributed by atoms with Crippen molar-refractivity contribution in [1.29, 1.82) is 0 Å². The molecular weight excluding hydrogens is 420 g/mol. The third-order valence-corrected chi connectivity index (χ3v) is 6.73. The molecule has 0 aromatic heterocycles. The summed E-state index contributed by atoms with van der Waals surface area (Å²) in [6, 6.07) is 13.2. The average Bonchev–Trinajstić information content (AvgIpc) is 2.74. The number of carbonyl (C=O) groups is 1. The third kappa shape index (κ3) is 6.02. The van der Waals surface area contributed by atoms with Crippen LogP contribution in [0.3, 0.4) is 0 Å². The first-order chi connectivity index (χ1) is 14.8. The predicted octanol–water partition coefficient (Wildman–Crippen LogP) is 3.27. The molecule has 0 spiro atoms. The maximum atomic E-state index is 12.9. The van der Waals surface area contributed by atoms with E-state index in [4.69, 9.17) is 0 Å². The molecule has 1 saturated heterocycles. The number of carbonyl (C=O) groups excluding carboxylic acids is 1. The molecule has 1 aliphatic heterocycles. The summed E-state index contributed by atoms with van der Waals surface area (Å²) >= 11 is 0. The highest BCUT2D eigenvalue weighted by Gasteiger charge is 2.27. The van der Waals surface area contributed by atoms with Crippen LogP contribution in [0, 0.1) is 10.1 Å². The Kier molecular flexibility index (Phi) is 7.24. The molecule has 9 nitrogen and oxygen atoms in total. The molecule has 3 rings (SSSR count). The van der Waals surface area contributed by atoms with E-state index in [1.807, 2.05) is 18.2 Å². The van der Waals surface area contributed by atoms with Crippen molar-refractivity contribution in [3.63, 3.8) is 0 Å². The van der Waals surface area contributed by atoms with Crippen LogP contribution in [0.1, 0.15) is 36.5 Å². The smallest absolute Gasteiger partial charge is 0.293 e. The fraction of sp³-hybridized carbons (Fsp3) is 0.381. The Bertz CT molecular complexity index is 1030. The van der Waals surface area contributed by atoms with E-state index in [9.17, 15) is 23.3 Å². The van der Waals surface area contributed by atoms with Gasteiger partial charge in [0.15, 0.2) is 0 Å². The number of likely N-dealkylation sites (tertiary alicyclic amines) is 1. The van der Waals surface area contributed by atoms with Gasteiger partial charge in [0, 0.05) is 36.4 Å². The monoisotopic (exact) mass is 446 g/mol. The molecule has 2 N–H and O–H groups in total. The summed E-state index contributed by atoms with van der Waals surface area (Å²) in [5, 5.41) is 14.6. The third-order valence-electron chi connectivity index (χ3n) is 5.10. The molecule has 31 heavy (non-hydrogen) atoms. The van der Waals surface area contributed by atoms with Crippen molar-refractivity contribution < 1.29 is 18.1 Å². The number of rotatable bonds is 8. The minimum atomic E-state index is -3.30. The Hall–Kier alpha value is -2.98. The first-order valence-corrected chi connectivity index (χ1v) is 11.8. The van der Waals surface area contributed by atoms with Crippen molar-refractivity contribution in [2.45, 2.75) is 32.2 Å². The van der Waals surface area contributed by atoms with E-state index in [1.165, 1.54) is 12.1 Å². The van der Waals surface area contributed by atoms with Crippen LogP contribution in [0.25, 0.3) is 0 Å². The van der Waals surface area contributed by atoms with Crippen LogP contribution in [0.5, 0.6) is 0 Å². The Morgan fingerprint density at radius 1 is 1.16 bits per heavy atom. The van der Waals surface area contributed by atoms with E-state index in [-0.39, 0.29) is 29.0 Å². The van der Waals surface area contributed by atoms with Crippen molar-refractivity contribution >= 4 is 33.0 Å². The topological polar surface area (TPSA) is 122 Å². The number of hydrogen-bond acceptors (Lipinski definition) is 6. The van der Waals surface area contributed by atoms with Gasteiger partial charge in [0.2, 0.25) is 10.0 Å². The molecule has 0 unspecified atom stereocenters. The van der Waals surface area contributed by atoms with E-state index in [0.717, 1.165) is 0 Å². The highest BCUT2D eigenvalue weighted by atomic mass is 32.2. The van der Waals surface area contributed by atoms with Crippen molar-refractivity contribution in [3.05, 3.63) is 64.2 Å². The zero-order valence-corrected chi connectivity index (χ0v) is 18.1. The lowest BCUT2D eigenvalue weighted by atomic mass is 10.0. The van der Waals surface area contributed by atoms with Crippen LogP contribution in [-0.2, 0) is 10.0 Å². The summed E-state index contributed by atoms with van der Waals surface area (Å²) in [7, 11) is -3.30. The van der Waals surface area contributed by atoms with Crippen molar-refractivity contribution in [2.24, 2.45) is 0 Å². The van der Waals surface area contributed by atoms with Gasteiger partial charge in [0.25, 0.3) is 11.6 Å². The lowest BCUT2D eigenvalue weighted by molar-refractivity contribution is -0.383. The Balaban J connectivity index is 1.68. The first kappa shape index (κ1) is 22.7. The molecule has 2 aromatic rings. The van der Waals surface area contributed by atoms with Gasteiger partial charge in [-0.05, 0) is 43.5 Å². The largest absolute Gasteiger partial charge is 0.350 e. The SMILES string of the molecule is CCCS(=O)(=O)NC1CCN(C(=O)c2ccc(Nc3ccccc3)c([N+](=O)[O-])c2)CC1. The van der Waals surface area contributed by atoms with Gasteiger partial charge >= 0.3 is 0 Å². The van der Waals surface area contributed by atoms with Crippen LogP contribution in [0.2, 0.25) is 0 Å². The number of amides is 1. The fourth-order valence-electron chi connectivity index (χ4n) is 3.56. The van der Waals surface area contributed by atoms with Gasteiger partial charge in [0.05, 0.1) is 10.7 Å². The van der Waals surface area contributed by atoms with Gasteiger partial charge in [-0.25, -0.2) is 13.1 Å². The summed E-state index contributed by atoms with van der Waals surface area (Å²) in [6.07, 6.45) is 1.55. The quantitative estimate of drug-likeness (QED) is 0.474. The summed E-state index contributed by atoms with van der Waals surface area (Å²) in [5.41, 5.74) is 1.06. The molecule has 0 bridgehead atoms. The number of benzene rings is 2. The van der Waals surface area contributed by atoms with E-state index in [2.05, 4.69) is 10.0 Å². The highest BCUT2D eigenvalue weighted by molar-refractivity contribution is 7.89. The molecular formula is C21H26N4O5S. The minimum Gasteiger partial charge on any atom is -0.350 e. The molecule has 0 aliphatic carbocycles. The number of sulfonamides is 1. The molecule has 0 atom stereocenters. The van der Waals surface area contributed by atoms with Gasteiger partial charge in [-0.3, -0.25) is 14.9 Å². The number of nitro groups is 1. The molecule has 2 aromatic carbocycles. The van der Waals surface area contributed by atoms with Crippen molar-refractivity contribution in [3.8, 4) is 0 Å². The summed E-state index contributed by atoms with van der Waals surface area (Å²) in [4.78, 5) is 25.5. The Labute approximate surface area is 181 Å². The summed E-state index contributed by atoms with van der Waals surface area (Å²) < 4.78 is 26.6. The van der Waals surface area contributed by atoms with E-state index in [0.29, 0.717) is 43.7 Å². The highest BCUT2D eigenvalue weighted by Crippen LogP contribution is 2.29. The number of nitro benzene ring substituents is 1. The molecule has 0 radical (unpaired) electrons. The van der Waals surface area contributed by atoms with Gasteiger partial charge in [-0.15, -0.1) is 0 Å². The van der Waals surface area contributed by atoms with Gasteiger partial charge in [-0.2, -0.15) is 0 Å². The maximum absolute atomic E-state index is 12.9. The number of anilines is 2. The first-order valence-electron chi connectivity index (χ1n) is 10.2. The zero-order valence-electron chi connectivity index (χ0n) is 17.3. The van der Waals surface area contributed by atoms with Crippen molar-refractivity contribution in [1.82, 2.24) is 9.62 Å². The number of hydrogen-bond donors (Lipinski definition) is 2. The number of nitrogens with one attached hydrogen (secondary N) is 2. The minimum absolute atomic E-state index is 0.0825. The lowest BCUT2D eigenvalue weighted by Gasteiger charge is -2.32. The van der Waals surface area contributed by atoms with Crippen LogP contribution < -0.4 is 10.0 Å². The second-order valence-corrected chi connectivity index (χ2v) is 9.36. The van der Waals surface area contributed by atoms with Crippen LogP contribution in [0.15, 0.2) is 48.5 Å². The van der Waals surface area contributed by atoms with E-state index in [1.54, 1.807) is 30.0 Å². The molecule has 0 saturated carbocycles. The number of para-hydroxylation sites is 1. The fourth-order valence-corrected chi connectivity index (χ4v) is 4.96. The molecule has 1 fully saturated rings. The van der Waals surface area contributed by atoms with Crippen LogP contribution >= 0.6 is 0 Å². The second kappa shape index (κ2) is 9.88.